The van der Waals surface area contributed by atoms with Gasteiger partial charge in [-0.3, -0.25) is 9.59 Å². The van der Waals surface area contributed by atoms with E-state index in [1.54, 1.807) is 0 Å². The van der Waals surface area contributed by atoms with Gasteiger partial charge in [0.25, 0.3) is 0 Å². The molecule has 5 nitrogen and oxygen atoms in total. The van der Waals surface area contributed by atoms with Gasteiger partial charge in [-0.2, -0.15) is 0 Å². The van der Waals surface area contributed by atoms with Crippen molar-refractivity contribution in [3.05, 3.63) is 29.0 Å². The summed E-state index contributed by atoms with van der Waals surface area (Å²) in [4.78, 5) is 28.3. The monoisotopic (exact) mass is 369 g/mol. The van der Waals surface area contributed by atoms with Crippen LogP contribution >= 0.6 is 11.6 Å². The highest BCUT2D eigenvalue weighted by Gasteiger charge is 2.35. The standard InChI is InChI=1S/C18H25ClFN3O2/c1-3-22(4-2)9-5-8-21-18(25)13-10-17(24)23(12-13)14-6-7-16(20)15(19)11-14/h6-7,11,13H,3-5,8-10,12H2,1-2H3,(H,21,25). The third kappa shape index (κ3) is 5.16. The number of carbonyl (C=O) groups excluding carboxylic acids is 2. The van der Waals surface area contributed by atoms with Crippen molar-refractivity contribution in [3.63, 3.8) is 0 Å². The van der Waals surface area contributed by atoms with Crippen LogP contribution in [0.2, 0.25) is 5.02 Å². The summed E-state index contributed by atoms with van der Waals surface area (Å²) in [6, 6.07) is 4.15. The van der Waals surface area contributed by atoms with Crippen LogP contribution in [0.3, 0.4) is 0 Å². The zero-order chi connectivity index (χ0) is 18.4. The van der Waals surface area contributed by atoms with Crippen LogP contribution in [-0.2, 0) is 9.59 Å². The number of carbonyl (C=O) groups is 2. The minimum atomic E-state index is -0.528. The molecule has 1 atom stereocenters. The molecular weight excluding hydrogens is 345 g/mol. The fourth-order valence-electron chi connectivity index (χ4n) is 2.98. The summed E-state index contributed by atoms with van der Waals surface area (Å²) >= 11 is 5.78. The van der Waals surface area contributed by atoms with E-state index < -0.39 is 5.82 Å². The average molecular weight is 370 g/mol. The van der Waals surface area contributed by atoms with Crippen LogP contribution < -0.4 is 10.2 Å². The molecule has 0 aromatic heterocycles. The number of halogens is 2. The van der Waals surface area contributed by atoms with E-state index in [2.05, 4.69) is 24.1 Å². The lowest BCUT2D eigenvalue weighted by atomic mass is 10.1. The zero-order valence-corrected chi connectivity index (χ0v) is 15.5. The quantitative estimate of drug-likeness (QED) is 0.717. The van der Waals surface area contributed by atoms with E-state index in [-0.39, 0.29) is 29.2 Å². The van der Waals surface area contributed by atoms with Gasteiger partial charge in [0.15, 0.2) is 0 Å². The van der Waals surface area contributed by atoms with E-state index in [1.165, 1.54) is 23.1 Å². The Morgan fingerprint density at radius 3 is 2.76 bits per heavy atom. The molecule has 0 aliphatic carbocycles. The molecule has 0 radical (unpaired) electrons. The van der Waals surface area contributed by atoms with Crippen molar-refractivity contribution in [2.75, 3.05) is 37.6 Å². The van der Waals surface area contributed by atoms with Crippen molar-refractivity contribution in [3.8, 4) is 0 Å². The molecule has 1 aliphatic heterocycles. The summed E-state index contributed by atoms with van der Waals surface area (Å²) in [5, 5.41) is 2.88. The first-order valence-corrected chi connectivity index (χ1v) is 9.09. The van der Waals surface area contributed by atoms with E-state index in [0.717, 1.165) is 26.1 Å². The summed E-state index contributed by atoms with van der Waals surface area (Å²) in [5.74, 6) is -1.17. The Kier molecular flexibility index (Phi) is 7.20. The van der Waals surface area contributed by atoms with Crippen LogP contribution in [0, 0.1) is 11.7 Å². The largest absolute Gasteiger partial charge is 0.356 e. The lowest BCUT2D eigenvalue weighted by Gasteiger charge is -2.18. The molecule has 1 heterocycles. The Labute approximate surface area is 153 Å². The highest BCUT2D eigenvalue weighted by Crippen LogP contribution is 2.28. The molecule has 1 aromatic carbocycles. The smallest absolute Gasteiger partial charge is 0.227 e. The maximum Gasteiger partial charge on any atom is 0.227 e. The highest BCUT2D eigenvalue weighted by molar-refractivity contribution is 6.31. The molecule has 1 aliphatic rings. The molecule has 7 heteroatoms. The second kappa shape index (κ2) is 9.15. The summed E-state index contributed by atoms with van der Waals surface area (Å²) in [6.45, 7) is 8.06. The van der Waals surface area contributed by atoms with Gasteiger partial charge < -0.3 is 15.1 Å². The minimum Gasteiger partial charge on any atom is -0.356 e. The molecule has 1 unspecified atom stereocenters. The van der Waals surface area contributed by atoms with Crippen molar-refractivity contribution in [2.45, 2.75) is 26.7 Å². The molecule has 1 aromatic rings. The van der Waals surface area contributed by atoms with Gasteiger partial charge in [0, 0.05) is 25.2 Å². The van der Waals surface area contributed by atoms with Crippen LogP contribution in [0.25, 0.3) is 0 Å². The van der Waals surface area contributed by atoms with Gasteiger partial charge in [-0.05, 0) is 44.3 Å². The lowest BCUT2D eigenvalue weighted by Crippen LogP contribution is -2.35. The van der Waals surface area contributed by atoms with Crippen molar-refractivity contribution < 1.29 is 14.0 Å². The molecule has 25 heavy (non-hydrogen) atoms. The SMILES string of the molecule is CCN(CC)CCCNC(=O)C1CC(=O)N(c2ccc(F)c(Cl)c2)C1. The molecule has 0 saturated carbocycles. The molecule has 0 spiro atoms. The molecule has 2 amide bonds. The Bertz CT molecular complexity index is 622. The topological polar surface area (TPSA) is 52.7 Å². The first kappa shape index (κ1) is 19.7. The Hall–Kier alpha value is -1.66. The molecular formula is C18H25ClFN3O2. The van der Waals surface area contributed by atoms with E-state index in [9.17, 15) is 14.0 Å². The zero-order valence-electron chi connectivity index (χ0n) is 14.7. The molecule has 2 rings (SSSR count). The number of nitrogens with one attached hydrogen (secondary N) is 1. The normalized spacial score (nSPS) is 17.4. The summed E-state index contributed by atoms with van der Waals surface area (Å²) in [6.07, 6.45) is 1.04. The van der Waals surface area contributed by atoms with Gasteiger partial charge in [0.2, 0.25) is 11.8 Å². The predicted molar refractivity (Wildman–Crippen MR) is 97.3 cm³/mol. The third-order valence-electron chi connectivity index (χ3n) is 4.56. The van der Waals surface area contributed by atoms with Gasteiger partial charge in [0.1, 0.15) is 5.82 Å². The van der Waals surface area contributed by atoms with Crippen LogP contribution in [0.5, 0.6) is 0 Å². The number of hydrogen-bond donors (Lipinski definition) is 1. The Balaban J connectivity index is 1.84. The van der Waals surface area contributed by atoms with E-state index in [0.29, 0.717) is 18.8 Å². The molecule has 0 bridgehead atoms. The first-order valence-electron chi connectivity index (χ1n) is 8.71. The van der Waals surface area contributed by atoms with E-state index in [1.807, 2.05) is 0 Å². The minimum absolute atomic E-state index is 0.0328. The maximum atomic E-state index is 13.3. The summed E-state index contributed by atoms with van der Waals surface area (Å²) in [7, 11) is 0. The number of anilines is 1. The van der Waals surface area contributed by atoms with Gasteiger partial charge >= 0.3 is 0 Å². The van der Waals surface area contributed by atoms with Gasteiger partial charge in [0.05, 0.1) is 10.9 Å². The fraction of sp³-hybridized carbons (Fsp3) is 0.556. The molecule has 1 saturated heterocycles. The highest BCUT2D eigenvalue weighted by atomic mass is 35.5. The average Bonchev–Trinajstić information content (AvgIpc) is 2.99. The number of amides is 2. The van der Waals surface area contributed by atoms with Gasteiger partial charge in [-0.1, -0.05) is 25.4 Å². The van der Waals surface area contributed by atoms with Crippen molar-refractivity contribution in [1.82, 2.24) is 10.2 Å². The Morgan fingerprint density at radius 1 is 1.40 bits per heavy atom. The number of nitrogens with zero attached hydrogens (tertiary/aromatic N) is 2. The molecule has 138 valence electrons. The van der Waals surface area contributed by atoms with Crippen molar-refractivity contribution in [2.24, 2.45) is 5.92 Å². The third-order valence-corrected chi connectivity index (χ3v) is 4.85. The number of rotatable bonds is 8. The Morgan fingerprint density at radius 2 is 2.12 bits per heavy atom. The van der Waals surface area contributed by atoms with E-state index >= 15 is 0 Å². The predicted octanol–water partition coefficient (Wildman–Crippen LogP) is 2.68. The van der Waals surface area contributed by atoms with Crippen molar-refractivity contribution >= 4 is 29.1 Å². The van der Waals surface area contributed by atoms with Gasteiger partial charge in [-0.25, -0.2) is 4.39 Å². The maximum absolute atomic E-state index is 13.3. The molecule has 1 N–H and O–H groups in total. The number of benzene rings is 1. The van der Waals surface area contributed by atoms with Crippen LogP contribution in [0.15, 0.2) is 18.2 Å². The fourth-order valence-corrected chi connectivity index (χ4v) is 3.16. The van der Waals surface area contributed by atoms with E-state index in [4.69, 9.17) is 11.6 Å². The summed E-state index contributed by atoms with van der Waals surface area (Å²) < 4.78 is 13.3. The lowest BCUT2D eigenvalue weighted by molar-refractivity contribution is -0.126. The number of hydrogen-bond acceptors (Lipinski definition) is 3. The molecule has 1 fully saturated rings. The second-order valence-electron chi connectivity index (χ2n) is 6.18. The van der Waals surface area contributed by atoms with Crippen molar-refractivity contribution in [1.29, 1.82) is 0 Å². The summed E-state index contributed by atoms with van der Waals surface area (Å²) in [5.41, 5.74) is 0.522. The van der Waals surface area contributed by atoms with Gasteiger partial charge in [-0.15, -0.1) is 0 Å². The first-order chi connectivity index (χ1) is 12.0. The second-order valence-corrected chi connectivity index (χ2v) is 6.58. The van der Waals surface area contributed by atoms with Crippen LogP contribution in [0.1, 0.15) is 26.7 Å². The van der Waals surface area contributed by atoms with Crippen LogP contribution in [0.4, 0.5) is 10.1 Å². The van der Waals surface area contributed by atoms with Crippen LogP contribution in [-0.4, -0.2) is 49.4 Å².